The number of sulfonamides is 1. The van der Waals surface area contributed by atoms with Gasteiger partial charge in [0.05, 0.1) is 10.9 Å². The van der Waals surface area contributed by atoms with Crippen LogP contribution in [-0.2, 0) is 22.9 Å². The number of aryl methyl sites for hydroxylation is 1. The lowest BCUT2D eigenvalue weighted by atomic mass is 9.95. The van der Waals surface area contributed by atoms with Crippen LogP contribution in [0.15, 0.2) is 53.4 Å². The molecule has 21 heavy (non-hydrogen) atoms. The lowest BCUT2D eigenvalue weighted by molar-refractivity contribution is 0.308. The van der Waals surface area contributed by atoms with Crippen LogP contribution >= 0.6 is 0 Å². The third kappa shape index (κ3) is 1.93. The number of rotatable bonds is 2. The summed E-state index contributed by atoms with van der Waals surface area (Å²) in [5.74, 6) is 0. The first-order valence-electron chi connectivity index (χ1n) is 7.35. The minimum atomic E-state index is -3.40. The fraction of sp³-hybridized carbons (Fsp3) is 0.294. The third-order valence-corrected chi connectivity index (χ3v) is 6.53. The Kier molecular flexibility index (Phi) is 2.91. The van der Waals surface area contributed by atoms with E-state index >= 15 is 0 Å². The van der Waals surface area contributed by atoms with Crippen molar-refractivity contribution in [3.63, 3.8) is 0 Å². The average Bonchev–Trinajstić information content (AvgIpc) is 2.94. The van der Waals surface area contributed by atoms with Gasteiger partial charge in [0.25, 0.3) is 0 Å². The molecule has 0 saturated carbocycles. The highest BCUT2D eigenvalue weighted by atomic mass is 32.2. The number of hydrogen-bond donors (Lipinski definition) is 0. The molecule has 0 N–H and O–H groups in total. The topological polar surface area (TPSA) is 37.4 Å². The molecule has 1 unspecified atom stereocenters. The van der Waals surface area contributed by atoms with E-state index in [9.17, 15) is 8.42 Å². The average molecular weight is 299 g/mol. The second-order valence-electron chi connectivity index (χ2n) is 5.72. The predicted molar refractivity (Wildman–Crippen MR) is 81.5 cm³/mol. The van der Waals surface area contributed by atoms with Crippen LogP contribution in [0.3, 0.4) is 0 Å². The van der Waals surface area contributed by atoms with Gasteiger partial charge in [-0.3, -0.25) is 0 Å². The quantitative estimate of drug-likeness (QED) is 0.855. The van der Waals surface area contributed by atoms with Crippen molar-refractivity contribution in [3.05, 3.63) is 65.2 Å². The van der Waals surface area contributed by atoms with Crippen molar-refractivity contribution < 1.29 is 8.42 Å². The Balaban J connectivity index is 1.80. The molecule has 0 amide bonds. The summed E-state index contributed by atoms with van der Waals surface area (Å²) >= 11 is 0. The summed E-state index contributed by atoms with van der Waals surface area (Å²) in [6.45, 7) is 0.582. The van der Waals surface area contributed by atoms with E-state index in [-0.39, 0.29) is 6.04 Å². The van der Waals surface area contributed by atoms with Gasteiger partial charge in [0, 0.05) is 6.54 Å². The Bertz CT molecular complexity index is 784. The van der Waals surface area contributed by atoms with E-state index in [1.807, 2.05) is 6.07 Å². The van der Waals surface area contributed by atoms with E-state index < -0.39 is 10.0 Å². The molecule has 108 valence electrons. The van der Waals surface area contributed by atoms with Gasteiger partial charge in [0.15, 0.2) is 0 Å². The molecular weight excluding hydrogens is 282 g/mol. The van der Waals surface area contributed by atoms with E-state index in [2.05, 4.69) is 18.2 Å². The molecule has 0 spiro atoms. The second kappa shape index (κ2) is 4.68. The molecule has 0 saturated heterocycles. The summed E-state index contributed by atoms with van der Waals surface area (Å²) in [5.41, 5.74) is 3.92. The van der Waals surface area contributed by atoms with E-state index in [1.165, 1.54) is 16.7 Å². The first-order valence-corrected chi connectivity index (χ1v) is 8.79. The summed E-state index contributed by atoms with van der Waals surface area (Å²) in [6.07, 6.45) is 2.69. The van der Waals surface area contributed by atoms with Crippen molar-refractivity contribution >= 4 is 10.0 Å². The summed E-state index contributed by atoms with van der Waals surface area (Å²) in [6, 6.07) is 15.2. The molecule has 0 radical (unpaired) electrons. The first kappa shape index (κ1) is 13.0. The number of nitrogens with zero attached hydrogens (tertiary/aromatic N) is 1. The summed E-state index contributed by atoms with van der Waals surface area (Å²) in [7, 11) is -3.40. The Morgan fingerprint density at radius 3 is 2.38 bits per heavy atom. The van der Waals surface area contributed by atoms with E-state index in [0.717, 1.165) is 19.3 Å². The lowest BCUT2D eigenvalue weighted by Gasteiger charge is -2.34. The van der Waals surface area contributed by atoms with Crippen molar-refractivity contribution in [2.75, 3.05) is 6.54 Å². The van der Waals surface area contributed by atoms with Gasteiger partial charge < -0.3 is 0 Å². The van der Waals surface area contributed by atoms with Gasteiger partial charge in [0.1, 0.15) is 0 Å². The van der Waals surface area contributed by atoms with Crippen LogP contribution in [0.1, 0.15) is 29.2 Å². The fourth-order valence-electron chi connectivity index (χ4n) is 3.66. The van der Waals surface area contributed by atoms with Crippen molar-refractivity contribution in [2.45, 2.75) is 30.2 Å². The van der Waals surface area contributed by atoms with Gasteiger partial charge in [-0.1, -0.05) is 36.4 Å². The minimum Gasteiger partial charge on any atom is -0.207 e. The van der Waals surface area contributed by atoms with Gasteiger partial charge in [-0.2, -0.15) is 4.31 Å². The van der Waals surface area contributed by atoms with Gasteiger partial charge in [-0.05, 0) is 48.1 Å². The molecule has 0 fully saturated rings. The van der Waals surface area contributed by atoms with Crippen LogP contribution in [0.2, 0.25) is 0 Å². The second-order valence-corrected chi connectivity index (χ2v) is 7.61. The molecule has 1 aliphatic carbocycles. The lowest BCUT2D eigenvalue weighted by Crippen LogP contribution is -2.39. The normalized spacial score (nSPS) is 21.2. The zero-order valence-corrected chi connectivity index (χ0v) is 12.5. The summed E-state index contributed by atoms with van der Waals surface area (Å²) in [5, 5.41) is 0. The molecule has 1 heterocycles. The molecule has 2 aromatic rings. The zero-order chi connectivity index (χ0) is 14.4. The fourth-order valence-corrected chi connectivity index (χ4v) is 5.31. The standard InChI is InChI=1S/C17H17NO2S/c19-21(20,15-7-2-1-3-8-15)18-12-11-14-6-4-5-13-9-10-16(18)17(13)14/h1-8,16H,9-12H2. The van der Waals surface area contributed by atoms with Crippen LogP contribution in [0.5, 0.6) is 0 Å². The monoisotopic (exact) mass is 299 g/mol. The molecule has 2 aliphatic rings. The van der Waals surface area contributed by atoms with Gasteiger partial charge in [0.2, 0.25) is 10.0 Å². The summed E-state index contributed by atoms with van der Waals surface area (Å²) in [4.78, 5) is 0.401. The smallest absolute Gasteiger partial charge is 0.207 e. The molecule has 4 heteroatoms. The maximum absolute atomic E-state index is 12.9. The highest BCUT2D eigenvalue weighted by molar-refractivity contribution is 7.89. The molecule has 0 bridgehead atoms. The Morgan fingerprint density at radius 1 is 0.905 bits per heavy atom. The van der Waals surface area contributed by atoms with Crippen LogP contribution in [0, 0.1) is 0 Å². The maximum Gasteiger partial charge on any atom is 0.243 e. The highest BCUT2D eigenvalue weighted by Gasteiger charge is 2.39. The van der Waals surface area contributed by atoms with Crippen molar-refractivity contribution in [1.29, 1.82) is 0 Å². The minimum absolute atomic E-state index is 0.0233. The van der Waals surface area contributed by atoms with Crippen LogP contribution in [-0.4, -0.2) is 19.3 Å². The predicted octanol–water partition coefficient (Wildman–Crippen LogP) is 2.92. The SMILES string of the molecule is O=S(=O)(c1ccccc1)N1CCc2cccc3c2C1CC3. The van der Waals surface area contributed by atoms with Crippen molar-refractivity contribution in [1.82, 2.24) is 4.31 Å². The molecule has 2 aromatic carbocycles. The molecule has 4 rings (SSSR count). The van der Waals surface area contributed by atoms with Gasteiger partial charge in [-0.15, -0.1) is 0 Å². The largest absolute Gasteiger partial charge is 0.243 e. The van der Waals surface area contributed by atoms with E-state index in [4.69, 9.17) is 0 Å². The third-order valence-electron chi connectivity index (χ3n) is 4.61. The summed E-state index contributed by atoms with van der Waals surface area (Å²) < 4.78 is 27.5. The van der Waals surface area contributed by atoms with E-state index in [0.29, 0.717) is 11.4 Å². The number of hydrogen-bond acceptors (Lipinski definition) is 2. The Labute approximate surface area is 125 Å². The number of benzene rings is 2. The molecular formula is C17H17NO2S. The van der Waals surface area contributed by atoms with E-state index in [1.54, 1.807) is 28.6 Å². The maximum atomic E-state index is 12.9. The Morgan fingerprint density at radius 2 is 1.62 bits per heavy atom. The zero-order valence-electron chi connectivity index (χ0n) is 11.7. The molecule has 0 aromatic heterocycles. The highest BCUT2D eigenvalue weighted by Crippen LogP contribution is 2.43. The van der Waals surface area contributed by atoms with Crippen molar-refractivity contribution in [3.8, 4) is 0 Å². The molecule has 1 atom stereocenters. The molecule has 3 nitrogen and oxygen atoms in total. The Hall–Kier alpha value is -1.65. The first-order chi connectivity index (χ1) is 10.2. The van der Waals surface area contributed by atoms with Crippen LogP contribution in [0.25, 0.3) is 0 Å². The van der Waals surface area contributed by atoms with Crippen LogP contribution in [0.4, 0.5) is 0 Å². The van der Waals surface area contributed by atoms with Gasteiger partial charge in [-0.25, -0.2) is 8.42 Å². The van der Waals surface area contributed by atoms with Crippen LogP contribution < -0.4 is 0 Å². The van der Waals surface area contributed by atoms with Crippen molar-refractivity contribution in [2.24, 2.45) is 0 Å². The molecule has 1 aliphatic heterocycles. The van der Waals surface area contributed by atoms with Gasteiger partial charge >= 0.3 is 0 Å².